The SMILES string of the molecule is C=C[C@H]1C[C@@H](O)C[C@@H](/C=C/C2CCCCC2)O1. The molecule has 1 saturated carbocycles. The maximum atomic E-state index is 9.76. The number of aliphatic hydroxyl groups is 1. The van der Waals surface area contributed by atoms with E-state index in [0.717, 1.165) is 12.3 Å². The predicted molar refractivity (Wildman–Crippen MR) is 69.8 cm³/mol. The van der Waals surface area contributed by atoms with Crippen molar-refractivity contribution in [2.75, 3.05) is 0 Å². The van der Waals surface area contributed by atoms with Gasteiger partial charge in [0.2, 0.25) is 0 Å². The fourth-order valence-corrected chi connectivity index (χ4v) is 2.85. The normalized spacial score (nSPS) is 36.2. The van der Waals surface area contributed by atoms with Crippen molar-refractivity contribution in [2.24, 2.45) is 5.92 Å². The van der Waals surface area contributed by atoms with E-state index in [1.807, 2.05) is 0 Å². The number of allylic oxidation sites excluding steroid dienone is 1. The van der Waals surface area contributed by atoms with Gasteiger partial charge in [0.1, 0.15) is 0 Å². The Bertz CT molecular complexity index is 266. The first-order chi connectivity index (χ1) is 8.28. The number of hydrogen-bond acceptors (Lipinski definition) is 2. The molecule has 1 heterocycles. The Morgan fingerprint density at radius 1 is 1.00 bits per heavy atom. The molecule has 3 atom stereocenters. The Balaban J connectivity index is 1.84. The quantitative estimate of drug-likeness (QED) is 0.762. The van der Waals surface area contributed by atoms with E-state index in [-0.39, 0.29) is 18.3 Å². The molecule has 1 N–H and O–H groups in total. The van der Waals surface area contributed by atoms with Crippen LogP contribution in [-0.2, 0) is 4.74 Å². The van der Waals surface area contributed by atoms with Crippen LogP contribution in [0.1, 0.15) is 44.9 Å². The minimum Gasteiger partial charge on any atom is -0.393 e. The maximum Gasteiger partial charge on any atom is 0.0788 e. The lowest BCUT2D eigenvalue weighted by atomic mass is 9.88. The largest absolute Gasteiger partial charge is 0.393 e. The average Bonchev–Trinajstić information content (AvgIpc) is 2.37. The van der Waals surface area contributed by atoms with Crippen LogP contribution in [0.15, 0.2) is 24.8 Å². The first-order valence-electron chi connectivity index (χ1n) is 6.92. The highest BCUT2D eigenvalue weighted by Crippen LogP contribution is 2.26. The molecule has 0 radical (unpaired) electrons. The molecule has 2 fully saturated rings. The van der Waals surface area contributed by atoms with Crippen LogP contribution in [0, 0.1) is 5.92 Å². The molecule has 1 aliphatic carbocycles. The molecule has 17 heavy (non-hydrogen) atoms. The lowest BCUT2D eigenvalue weighted by molar-refractivity contribution is -0.0550. The third kappa shape index (κ3) is 3.97. The molecule has 0 spiro atoms. The molecule has 0 aromatic rings. The lowest BCUT2D eigenvalue weighted by Crippen LogP contribution is -2.33. The van der Waals surface area contributed by atoms with Crippen LogP contribution in [0.4, 0.5) is 0 Å². The van der Waals surface area contributed by atoms with Gasteiger partial charge in [-0.05, 0) is 18.8 Å². The lowest BCUT2D eigenvalue weighted by Gasteiger charge is -2.30. The molecule has 0 amide bonds. The van der Waals surface area contributed by atoms with Gasteiger partial charge >= 0.3 is 0 Å². The van der Waals surface area contributed by atoms with Gasteiger partial charge in [0.25, 0.3) is 0 Å². The highest BCUT2D eigenvalue weighted by Gasteiger charge is 2.25. The maximum absolute atomic E-state index is 9.76. The fourth-order valence-electron chi connectivity index (χ4n) is 2.85. The Morgan fingerprint density at radius 3 is 2.41 bits per heavy atom. The molecule has 2 rings (SSSR count). The fraction of sp³-hybridized carbons (Fsp3) is 0.733. The van der Waals surface area contributed by atoms with Crippen LogP contribution in [0.25, 0.3) is 0 Å². The van der Waals surface area contributed by atoms with Crippen molar-refractivity contribution in [2.45, 2.75) is 63.3 Å². The van der Waals surface area contributed by atoms with Crippen molar-refractivity contribution in [1.82, 2.24) is 0 Å². The molecule has 0 bridgehead atoms. The summed E-state index contributed by atoms with van der Waals surface area (Å²) < 4.78 is 5.83. The molecule has 0 unspecified atom stereocenters. The summed E-state index contributed by atoms with van der Waals surface area (Å²) in [6.07, 6.45) is 14.3. The van der Waals surface area contributed by atoms with E-state index in [9.17, 15) is 5.11 Å². The summed E-state index contributed by atoms with van der Waals surface area (Å²) in [5.74, 6) is 0.730. The first kappa shape index (κ1) is 12.8. The van der Waals surface area contributed by atoms with Gasteiger partial charge in [-0.1, -0.05) is 37.5 Å². The van der Waals surface area contributed by atoms with Crippen LogP contribution in [0.3, 0.4) is 0 Å². The van der Waals surface area contributed by atoms with Gasteiger partial charge in [-0.25, -0.2) is 0 Å². The third-order valence-electron chi connectivity index (χ3n) is 3.87. The first-order valence-corrected chi connectivity index (χ1v) is 6.92. The smallest absolute Gasteiger partial charge is 0.0788 e. The molecular formula is C15H24O2. The summed E-state index contributed by atoms with van der Waals surface area (Å²) in [6.45, 7) is 3.74. The van der Waals surface area contributed by atoms with E-state index in [2.05, 4.69) is 18.7 Å². The topological polar surface area (TPSA) is 29.5 Å². The zero-order valence-corrected chi connectivity index (χ0v) is 10.6. The molecule has 0 aromatic heterocycles. The van der Waals surface area contributed by atoms with Gasteiger partial charge < -0.3 is 9.84 Å². The van der Waals surface area contributed by atoms with Crippen LogP contribution in [-0.4, -0.2) is 23.4 Å². The van der Waals surface area contributed by atoms with Gasteiger partial charge in [0, 0.05) is 12.8 Å². The minimum absolute atomic E-state index is 0.0137. The second-order valence-corrected chi connectivity index (χ2v) is 5.36. The zero-order chi connectivity index (χ0) is 12.1. The minimum atomic E-state index is -0.243. The van der Waals surface area contributed by atoms with Crippen molar-refractivity contribution in [3.05, 3.63) is 24.8 Å². The molecule has 1 aliphatic heterocycles. The van der Waals surface area contributed by atoms with Crippen LogP contribution >= 0.6 is 0 Å². The summed E-state index contributed by atoms with van der Waals surface area (Å²) in [6, 6.07) is 0. The molecule has 1 saturated heterocycles. The Morgan fingerprint density at radius 2 is 1.71 bits per heavy atom. The van der Waals surface area contributed by atoms with Crippen LogP contribution in [0.2, 0.25) is 0 Å². The highest BCUT2D eigenvalue weighted by molar-refractivity contribution is 4.99. The summed E-state index contributed by atoms with van der Waals surface area (Å²) in [7, 11) is 0. The van der Waals surface area contributed by atoms with Crippen molar-refractivity contribution >= 4 is 0 Å². The average molecular weight is 236 g/mol. The Kier molecular flexibility index (Phi) is 4.81. The van der Waals surface area contributed by atoms with Gasteiger partial charge in [0.15, 0.2) is 0 Å². The predicted octanol–water partition coefficient (Wildman–Crippen LogP) is 3.22. The van der Waals surface area contributed by atoms with Gasteiger partial charge in [-0.15, -0.1) is 6.58 Å². The Labute approximate surface area is 104 Å². The van der Waals surface area contributed by atoms with Crippen LogP contribution < -0.4 is 0 Å². The molecule has 0 aromatic carbocycles. The summed E-state index contributed by atoms with van der Waals surface area (Å²) in [4.78, 5) is 0. The van der Waals surface area contributed by atoms with E-state index in [1.165, 1.54) is 32.1 Å². The van der Waals surface area contributed by atoms with Gasteiger partial charge in [0.05, 0.1) is 18.3 Å². The second kappa shape index (κ2) is 6.36. The molecule has 2 heteroatoms. The number of rotatable bonds is 3. The number of aliphatic hydroxyl groups excluding tert-OH is 1. The summed E-state index contributed by atoms with van der Waals surface area (Å²) in [5.41, 5.74) is 0. The van der Waals surface area contributed by atoms with Crippen molar-refractivity contribution in [3.63, 3.8) is 0 Å². The molecule has 96 valence electrons. The highest BCUT2D eigenvalue weighted by atomic mass is 16.5. The van der Waals surface area contributed by atoms with E-state index in [4.69, 9.17) is 4.74 Å². The van der Waals surface area contributed by atoms with Crippen molar-refractivity contribution < 1.29 is 9.84 Å². The van der Waals surface area contributed by atoms with Crippen LogP contribution in [0.5, 0.6) is 0 Å². The zero-order valence-electron chi connectivity index (χ0n) is 10.6. The summed E-state index contributed by atoms with van der Waals surface area (Å²) >= 11 is 0. The molecule has 2 aliphatic rings. The monoisotopic (exact) mass is 236 g/mol. The summed E-state index contributed by atoms with van der Waals surface area (Å²) in [5, 5.41) is 9.76. The standard InChI is InChI=1S/C15H24O2/c1-2-14-10-13(16)11-15(17-14)9-8-12-6-4-3-5-7-12/h2,8-9,12-16H,1,3-7,10-11H2/b9-8+/t13-,14+,15-/m1/s1. The Hall–Kier alpha value is -0.600. The molecular weight excluding hydrogens is 212 g/mol. The van der Waals surface area contributed by atoms with Gasteiger partial charge in [-0.3, -0.25) is 0 Å². The second-order valence-electron chi connectivity index (χ2n) is 5.36. The van der Waals surface area contributed by atoms with Crippen molar-refractivity contribution in [3.8, 4) is 0 Å². The van der Waals surface area contributed by atoms with E-state index in [1.54, 1.807) is 6.08 Å². The van der Waals surface area contributed by atoms with Crippen molar-refractivity contribution in [1.29, 1.82) is 0 Å². The third-order valence-corrected chi connectivity index (χ3v) is 3.87. The number of hydrogen-bond donors (Lipinski definition) is 1. The van der Waals surface area contributed by atoms with E-state index in [0.29, 0.717) is 6.42 Å². The van der Waals surface area contributed by atoms with Gasteiger partial charge in [-0.2, -0.15) is 0 Å². The number of ether oxygens (including phenoxy) is 1. The van der Waals surface area contributed by atoms with E-state index >= 15 is 0 Å². The molecule has 2 nitrogen and oxygen atoms in total. The van der Waals surface area contributed by atoms with E-state index < -0.39 is 0 Å².